The Bertz CT molecular complexity index is 781. The van der Waals surface area contributed by atoms with E-state index in [2.05, 4.69) is 32.2 Å². The minimum Gasteiger partial charge on any atom is -0.377 e. The number of nitrogens with zero attached hydrogens (tertiary/aromatic N) is 3. The monoisotopic (exact) mass is 368 g/mol. The highest BCUT2D eigenvalue weighted by Crippen LogP contribution is 2.41. The molecule has 1 aliphatic heterocycles. The Kier molecular flexibility index (Phi) is 5.25. The Balaban J connectivity index is 1.47. The molecule has 2 aromatic rings. The van der Waals surface area contributed by atoms with E-state index in [1.165, 1.54) is 0 Å². The number of carbonyl (C=O) groups is 1. The van der Waals surface area contributed by atoms with E-state index in [9.17, 15) is 4.79 Å². The number of aryl methyl sites for hydroxylation is 1. The number of aromatic nitrogens is 3. The Morgan fingerprint density at radius 3 is 2.74 bits per heavy atom. The zero-order valence-electron chi connectivity index (χ0n) is 16.0. The summed E-state index contributed by atoms with van der Waals surface area (Å²) >= 11 is 0. The molecule has 6 heteroatoms. The summed E-state index contributed by atoms with van der Waals surface area (Å²) in [7, 11) is 1.67. The molecule has 1 aliphatic carbocycles. The van der Waals surface area contributed by atoms with E-state index >= 15 is 0 Å². The van der Waals surface area contributed by atoms with Crippen molar-refractivity contribution in [1.29, 1.82) is 0 Å². The SMILES string of the molecule is COCc1nnc2n1CCC(NC(=O)C1(c3ccccc3)CCCC1)CC2. The van der Waals surface area contributed by atoms with Crippen LogP contribution in [0.4, 0.5) is 0 Å². The van der Waals surface area contributed by atoms with E-state index in [0.717, 1.165) is 68.7 Å². The summed E-state index contributed by atoms with van der Waals surface area (Å²) in [5.74, 6) is 2.07. The number of hydrogen-bond donors (Lipinski definition) is 1. The van der Waals surface area contributed by atoms with Gasteiger partial charge in [0.15, 0.2) is 5.82 Å². The molecule has 0 radical (unpaired) electrons. The molecule has 1 aromatic carbocycles. The molecule has 0 spiro atoms. The molecule has 1 unspecified atom stereocenters. The van der Waals surface area contributed by atoms with Gasteiger partial charge in [0.2, 0.25) is 5.91 Å². The van der Waals surface area contributed by atoms with Crippen molar-refractivity contribution < 1.29 is 9.53 Å². The van der Waals surface area contributed by atoms with Crippen molar-refractivity contribution >= 4 is 5.91 Å². The Morgan fingerprint density at radius 2 is 2.00 bits per heavy atom. The van der Waals surface area contributed by atoms with Crippen molar-refractivity contribution in [2.24, 2.45) is 0 Å². The van der Waals surface area contributed by atoms with Crippen LogP contribution in [-0.2, 0) is 34.5 Å². The van der Waals surface area contributed by atoms with Crippen molar-refractivity contribution in [2.75, 3.05) is 7.11 Å². The van der Waals surface area contributed by atoms with Crippen molar-refractivity contribution in [3.63, 3.8) is 0 Å². The molecular weight excluding hydrogens is 340 g/mol. The van der Waals surface area contributed by atoms with Gasteiger partial charge in [-0.1, -0.05) is 43.2 Å². The molecule has 0 bridgehead atoms. The van der Waals surface area contributed by atoms with Crippen LogP contribution in [0.5, 0.6) is 0 Å². The molecule has 2 heterocycles. The van der Waals surface area contributed by atoms with E-state index in [4.69, 9.17) is 4.74 Å². The van der Waals surface area contributed by atoms with Crippen LogP contribution in [-0.4, -0.2) is 33.8 Å². The number of benzene rings is 1. The van der Waals surface area contributed by atoms with Crippen molar-refractivity contribution in [3.8, 4) is 0 Å². The first-order chi connectivity index (χ1) is 13.2. The maximum absolute atomic E-state index is 13.4. The maximum Gasteiger partial charge on any atom is 0.230 e. The summed E-state index contributed by atoms with van der Waals surface area (Å²) in [5.41, 5.74) is 0.803. The molecule has 4 rings (SSSR count). The average Bonchev–Trinajstić information content (AvgIpc) is 3.29. The average molecular weight is 368 g/mol. The molecule has 1 aromatic heterocycles. The Labute approximate surface area is 160 Å². The number of fused-ring (bicyclic) bond motifs is 1. The zero-order valence-corrected chi connectivity index (χ0v) is 16.0. The largest absolute Gasteiger partial charge is 0.377 e. The second-order valence-corrected chi connectivity index (χ2v) is 7.77. The summed E-state index contributed by atoms with van der Waals surface area (Å²) in [6.07, 6.45) is 6.76. The summed E-state index contributed by atoms with van der Waals surface area (Å²) in [6, 6.07) is 10.5. The van der Waals surface area contributed by atoms with Crippen LogP contribution >= 0.6 is 0 Å². The number of hydrogen-bond acceptors (Lipinski definition) is 4. The van der Waals surface area contributed by atoms with Crippen LogP contribution in [0, 0.1) is 0 Å². The predicted molar refractivity (Wildman–Crippen MR) is 102 cm³/mol. The van der Waals surface area contributed by atoms with Gasteiger partial charge in [-0.3, -0.25) is 4.79 Å². The summed E-state index contributed by atoms with van der Waals surface area (Å²) in [5, 5.41) is 11.9. The van der Waals surface area contributed by atoms with Crippen LogP contribution in [0.2, 0.25) is 0 Å². The molecule has 1 amide bonds. The lowest BCUT2D eigenvalue weighted by molar-refractivity contribution is -0.127. The van der Waals surface area contributed by atoms with Crippen LogP contribution in [0.25, 0.3) is 0 Å². The number of rotatable bonds is 5. The van der Waals surface area contributed by atoms with Gasteiger partial charge >= 0.3 is 0 Å². The van der Waals surface area contributed by atoms with E-state index in [1.54, 1.807) is 7.11 Å². The molecule has 1 fully saturated rings. The lowest BCUT2D eigenvalue weighted by Gasteiger charge is -2.30. The van der Waals surface area contributed by atoms with Gasteiger partial charge < -0.3 is 14.6 Å². The van der Waals surface area contributed by atoms with Gasteiger partial charge in [-0.2, -0.15) is 0 Å². The van der Waals surface area contributed by atoms with E-state index in [-0.39, 0.29) is 17.4 Å². The highest BCUT2D eigenvalue weighted by molar-refractivity contribution is 5.88. The lowest BCUT2D eigenvalue weighted by Crippen LogP contribution is -2.47. The molecule has 2 aliphatic rings. The fraction of sp³-hybridized carbons (Fsp3) is 0.571. The number of carbonyl (C=O) groups excluding carboxylic acids is 1. The third kappa shape index (κ3) is 3.50. The summed E-state index contributed by atoms with van der Waals surface area (Å²) in [4.78, 5) is 13.4. The summed E-state index contributed by atoms with van der Waals surface area (Å²) < 4.78 is 7.37. The van der Waals surface area contributed by atoms with Gasteiger partial charge in [-0.15, -0.1) is 10.2 Å². The fourth-order valence-corrected chi connectivity index (χ4v) is 4.63. The molecule has 27 heavy (non-hydrogen) atoms. The number of ether oxygens (including phenoxy) is 1. The first kappa shape index (κ1) is 18.2. The van der Waals surface area contributed by atoms with Crippen LogP contribution in [0.3, 0.4) is 0 Å². The van der Waals surface area contributed by atoms with Gasteiger partial charge in [-0.05, 0) is 31.2 Å². The lowest BCUT2D eigenvalue weighted by atomic mass is 9.77. The first-order valence-electron chi connectivity index (χ1n) is 9.99. The Morgan fingerprint density at radius 1 is 1.22 bits per heavy atom. The van der Waals surface area contributed by atoms with E-state index in [1.807, 2.05) is 18.2 Å². The number of nitrogens with one attached hydrogen (secondary N) is 1. The molecule has 6 nitrogen and oxygen atoms in total. The fourth-order valence-electron chi connectivity index (χ4n) is 4.63. The van der Waals surface area contributed by atoms with E-state index in [0.29, 0.717) is 6.61 Å². The topological polar surface area (TPSA) is 69.0 Å². The predicted octanol–water partition coefficient (Wildman–Crippen LogP) is 2.76. The molecule has 1 atom stereocenters. The van der Waals surface area contributed by atoms with Gasteiger partial charge in [0.25, 0.3) is 0 Å². The molecule has 144 valence electrons. The van der Waals surface area contributed by atoms with Crippen molar-refractivity contribution in [2.45, 2.75) is 69.6 Å². The highest BCUT2D eigenvalue weighted by atomic mass is 16.5. The highest BCUT2D eigenvalue weighted by Gasteiger charge is 2.43. The number of amides is 1. The van der Waals surface area contributed by atoms with E-state index < -0.39 is 0 Å². The van der Waals surface area contributed by atoms with Gasteiger partial charge in [-0.25, -0.2) is 0 Å². The summed E-state index contributed by atoms with van der Waals surface area (Å²) in [6.45, 7) is 1.30. The molecular formula is C21H28N4O2. The Hall–Kier alpha value is -2.21. The number of methoxy groups -OCH3 is 1. The minimum absolute atomic E-state index is 0.177. The third-order valence-corrected chi connectivity index (χ3v) is 6.15. The quantitative estimate of drug-likeness (QED) is 0.881. The van der Waals surface area contributed by atoms with Gasteiger partial charge in [0.05, 0.1) is 5.41 Å². The van der Waals surface area contributed by atoms with Crippen LogP contribution in [0.1, 0.15) is 55.7 Å². The third-order valence-electron chi connectivity index (χ3n) is 6.15. The molecule has 1 N–H and O–H groups in total. The smallest absolute Gasteiger partial charge is 0.230 e. The van der Waals surface area contributed by atoms with Crippen LogP contribution in [0.15, 0.2) is 30.3 Å². The zero-order chi connectivity index (χ0) is 18.7. The second-order valence-electron chi connectivity index (χ2n) is 7.77. The van der Waals surface area contributed by atoms with Crippen molar-refractivity contribution in [3.05, 3.63) is 47.5 Å². The van der Waals surface area contributed by atoms with Crippen molar-refractivity contribution in [1.82, 2.24) is 20.1 Å². The maximum atomic E-state index is 13.4. The van der Waals surface area contributed by atoms with Gasteiger partial charge in [0.1, 0.15) is 12.4 Å². The molecule has 0 saturated heterocycles. The molecule has 1 saturated carbocycles. The second kappa shape index (κ2) is 7.80. The normalized spacial score (nSPS) is 21.4. The first-order valence-corrected chi connectivity index (χ1v) is 9.99. The van der Waals surface area contributed by atoms with Crippen LogP contribution < -0.4 is 5.32 Å². The minimum atomic E-state index is -0.357. The van der Waals surface area contributed by atoms with Gasteiger partial charge in [0, 0.05) is 26.1 Å². The standard InChI is InChI=1S/C21H28N4O2/c1-27-15-19-24-23-18-10-9-17(11-14-25(18)19)22-20(26)21(12-5-6-13-21)16-7-3-2-4-8-16/h2-4,7-8,17H,5-6,9-15H2,1H3,(H,22,26).